The van der Waals surface area contributed by atoms with Crippen molar-refractivity contribution in [2.45, 2.75) is 26.2 Å². The number of carbonyl (C=O) groups is 1. The molecule has 1 amide bonds. The quantitative estimate of drug-likeness (QED) is 0.275. The third-order valence-electron chi connectivity index (χ3n) is 2.72. The highest BCUT2D eigenvalue weighted by Gasteiger charge is 2.16. The highest BCUT2D eigenvalue weighted by atomic mass is 32.2. The molecule has 1 aromatic rings. The summed E-state index contributed by atoms with van der Waals surface area (Å²) in [6, 6.07) is 6.19. The molecular formula is C12H16N4O3S. The normalized spacial score (nSPS) is 10.1. The molecule has 0 atom stereocenters. The molecule has 0 saturated heterocycles. The van der Waals surface area contributed by atoms with Crippen LogP contribution in [-0.4, -0.2) is 20.9 Å². The standard InChI is InChI=1S/C12H16N4O3S/c1-2-3-6-9-16(20(18)19)11-8-5-4-7-10(11)12(17)14-15-13/h4-5,7-8,20H,2-3,6,9H2,1H3. The summed E-state index contributed by atoms with van der Waals surface area (Å²) in [6.07, 6.45) is 2.55. The molecular weight excluding hydrogens is 280 g/mol. The van der Waals surface area contributed by atoms with Crippen LogP contribution >= 0.6 is 0 Å². The number of anilines is 1. The van der Waals surface area contributed by atoms with Crippen molar-refractivity contribution in [1.82, 2.24) is 0 Å². The molecule has 108 valence electrons. The van der Waals surface area contributed by atoms with Gasteiger partial charge in [0.2, 0.25) is 10.9 Å². The summed E-state index contributed by atoms with van der Waals surface area (Å²) in [6.45, 7) is 2.31. The molecule has 1 rings (SSSR count). The maximum Gasteiger partial charge on any atom is 0.251 e. The largest absolute Gasteiger partial charge is 0.287 e. The zero-order valence-corrected chi connectivity index (χ0v) is 12.0. The molecule has 0 radical (unpaired) electrons. The van der Waals surface area contributed by atoms with Crippen molar-refractivity contribution in [3.63, 3.8) is 0 Å². The zero-order chi connectivity index (χ0) is 15.0. The molecule has 0 spiro atoms. The van der Waals surface area contributed by atoms with Crippen LogP contribution in [0.15, 0.2) is 29.4 Å². The van der Waals surface area contributed by atoms with Crippen LogP contribution in [0.3, 0.4) is 0 Å². The molecule has 0 N–H and O–H groups in total. The van der Waals surface area contributed by atoms with Gasteiger partial charge < -0.3 is 0 Å². The van der Waals surface area contributed by atoms with Crippen molar-refractivity contribution >= 4 is 22.5 Å². The van der Waals surface area contributed by atoms with E-state index in [-0.39, 0.29) is 11.3 Å². The van der Waals surface area contributed by atoms with Crippen molar-refractivity contribution in [3.8, 4) is 0 Å². The third kappa shape index (κ3) is 4.25. The van der Waals surface area contributed by atoms with E-state index in [0.717, 1.165) is 17.1 Å². The first-order chi connectivity index (χ1) is 9.61. The smallest absolute Gasteiger partial charge is 0.251 e. The number of unbranched alkanes of at least 4 members (excludes halogenated alkanes) is 2. The van der Waals surface area contributed by atoms with Gasteiger partial charge in [-0.15, -0.1) is 0 Å². The Morgan fingerprint density at radius 2 is 2.05 bits per heavy atom. The molecule has 0 aliphatic heterocycles. The fourth-order valence-electron chi connectivity index (χ4n) is 1.78. The molecule has 0 aliphatic rings. The molecule has 20 heavy (non-hydrogen) atoms. The van der Waals surface area contributed by atoms with Gasteiger partial charge in [0, 0.05) is 17.0 Å². The van der Waals surface area contributed by atoms with Crippen LogP contribution in [-0.2, 0) is 10.9 Å². The Morgan fingerprint density at radius 1 is 1.35 bits per heavy atom. The van der Waals surface area contributed by atoms with Crippen molar-refractivity contribution in [2.24, 2.45) is 5.11 Å². The number of benzene rings is 1. The zero-order valence-electron chi connectivity index (χ0n) is 11.1. The minimum atomic E-state index is -2.86. The number of amides is 1. The fraction of sp³-hybridized carbons (Fsp3) is 0.417. The van der Waals surface area contributed by atoms with Gasteiger partial charge in [0.05, 0.1) is 5.69 Å². The van der Waals surface area contributed by atoms with Gasteiger partial charge >= 0.3 is 0 Å². The number of para-hydroxylation sites is 1. The summed E-state index contributed by atoms with van der Waals surface area (Å²) in [5, 5.41) is 3.01. The minimum absolute atomic E-state index is 0.0843. The first-order valence-electron chi connectivity index (χ1n) is 6.22. The first kappa shape index (κ1) is 16.0. The van der Waals surface area contributed by atoms with E-state index < -0.39 is 16.8 Å². The second kappa shape index (κ2) is 8.19. The van der Waals surface area contributed by atoms with E-state index in [1.54, 1.807) is 12.1 Å². The van der Waals surface area contributed by atoms with E-state index >= 15 is 0 Å². The number of azide groups is 1. The lowest BCUT2D eigenvalue weighted by molar-refractivity contribution is 0.100. The second-order valence-corrected chi connectivity index (χ2v) is 5.04. The van der Waals surface area contributed by atoms with Crippen LogP contribution in [0.5, 0.6) is 0 Å². The Labute approximate surface area is 118 Å². The SMILES string of the molecule is CCCCCN(c1ccccc1C(=O)N=[N+]=[N-])[SH](=O)=O. The van der Waals surface area contributed by atoms with Crippen LogP contribution in [0, 0.1) is 0 Å². The molecule has 1 aromatic carbocycles. The lowest BCUT2D eigenvalue weighted by Gasteiger charge is -2.19. The molecule has 7 nitrogen and oxygen atoms in total. The summed E-state index contributed by atoms with van der Waals surface area (Å²) < 4.78 is 23.9. The van der Waals surface area contributed by atoms with E-state index in [1.807, 2.05) is 6.92 Å². The summed E-state index contributed by atoms with van der Waals surface area (Å²) in [4.78, 5) is 14.1. The van der Waals surface area contributed by atoms with E-state index in [9.17, 15) is 13.2 Å². The van der Waals surface area contributed by atoms with Gasteiger partial charge in [0.15, 0.2) is 0 Å². The van der Waals surface area contributed by atoms with Crippen LogP contribution in [0.2, 0.25) is 0 Å². The topological polar surface area (TPSA) is 103 Å². The Kier molecular flexibility index (Phi) is 6.55. The summed E-state index contributed by atoms with van der Waals surface area (Å²) in [5.74, 6) is -0.791. The maximum absolute atomic E-state index is 11.7. The number of rotatable bonds is 7. The third-order valence-corrected chi connectivity index (χ3v) is 3.53. The van der Waals surface area contributed by atoms with Gasteiger partial charge in [-0.3, -0.25) is 9.10 Å². The van der Waals surface area contributed by atoms with Crippen molar-refractivity contribution in [2.75, 3.05) is 10.8 Å². The molecule has 0 bridgehead atoms. The van der Waals surface area contributed by atoms with Gasteiger partial charge in [0.1, 0.15) is 0 Å². The van der Waals surface area contributed by atoms with Gasteiger partial charge in [-0.25, -0.2) is 8.42 Å². The van der Waals surface area contributed by atoms with Crippen molar-refractivity contribution in [1.29, 1.82) is 0 Å². The first-order valence-corrected chi connectivity index (χ1v) is 7.35. The summed E-state index contributed by atoms with van der Waals surface area (Å²) >= 11 is 0. The van der Waals surface area contributed by atoms with Crippen LogP contribution < -0.4 is 4.31 Å². The monoisotopic (exact) mass is 296 g/mol. The summed E-state index contributed by atoms with van der Waals surface area (Å²) in [5.41, 5.74) is 8.65. The van der Waals surface area contributed by atoms with Gasteiger partial charge in [-0.05, 0) is 29.2 Å². The van der Waals surface area contributed by atoms with Crippen LogP contribution in [0.4, 0.5) is 5.69 Å². The predicted octanol–water partition coefficient (Wildman–Crippen LogP) is 2.66. The number of nitrogens with zero attached hydrogens (tertiary/aromatic N) is 4. The highest BCUT2D eigenvalue weighted by molar-refractivity contribution is 7.74. The van der Waals surface area contributed by atoms with Crippen molar-refractivity contribution in [3.05, 3.63) is 40.3 Å². The number of carbonyl (C=O) groups excluding carboxylic acids is 1. The maximum atomic E-state index is 11.7. The average molecular weight is 296 g/mol. The Bertz CT molecular complexity index is 586. The fourth-order valence-corrected chi connectivity index (χ4v) is 2.43. The Balaban J connectivity index is 3.13. The highest BCUT2D eigenvalue weighted by Crippen LogP contribution is 2.22. The number of hydrogen-bond acceptors (Lipinski definition) is 3. The minimum Gasteiger partial charge on any atom is -0.287 e. The van der Waals surface area contributed by atoms with Gasteiger partial charge in [-0.1, -0.05) is 31.9 Å². The van der Waals surface area contributed by atoms with E-state index in [0.29, 0.717) is 13.0 Å². The van der Waals surface area contributed by atoms with Crippen LogP contribution in [0.1, 0.15) is 36.5 Å². The second-order valence-electron chi connectivity index (χ2n) is 4.08. The van der Waals surface area contributed by atoms with E-state index in [2.05, 4.69) is 10.0 Å². The molecule has 0 unspecified atom stereocenters. The van der Waals surface area contributed by atoms with Gasteiger partial charge in [0.25, 0.3) is 5.91 Å². The Hall–Kier alpha value is -2.05. The van der Waals surface area contributed by atoms with E-state index in [4.69, 9.17) is 5.53 Å². The average Bonchev–Trinajstić information content (AvgIpc) is 2.43. The lowest BCUT2D eigenvalue weighted by atomic mass is 10.1. The molecule has 0 aliphatic carbocycles. The predicted molar refractivity (Wildman–Crippen MR) is 77.1 cm³/mol. The molecule has 0 fully saturated rings. The number of hydrogen-bond donors (Lipinski definition) is 1. The summed E-state index contributed by atoms with van der Waals surface area (Å²) in [7, 11) is -2.86. The van der Waals surface area contributed by atoms with E-state index in [1.165, 1.54) is 12.1 Å². The molecule has 0 saturated carbocycles. The number of thiol groups is 1. The lowest BCUT2D eigenvalue weighted by Crippen LogP contribution is -2.24. The van der Waals surface area contributed by atoms with Gasteiger partial charge in [-0.2, -0.15) is 0 Å². The molecule has 0 aromatic heterocycles. The van der Waals surface area contributed by atoms with Crippen LogP contribution in [0.25, 0.3) is 10.4 Å². The molecule has 8 heteroatoms. The Morgan fingerprint density at radius 3 is 2.65 bits per heavy atom. The van der Waals surface area contributed by atoms with Crippen molar-refractivity contribution < 1.29 is 13.2 Å². The molecule has 0 heterocycles.